The third-order valence-corrected chi connectivity index (χ3v) is 4.94. The van der Waals surface area contributed by atoms with Gasteiger partial charge in [0.05, 0.1) is 18.4 Å². The average molecular weight is 282 g/mol. The first-order chi connectivity index (χ1) is 10.3. The van der Waals surface area contributed by atoms with Crippen LogP contribution in [0.5, 0.6) is 0 Å². The molecule has 1 N–H and O–H groups in total. The van der Waals surface area contributed by atoms with Crippen LogP contribution in [-0.4, -0.2) is 36.0 Å². The topological polar surface area (TPSA) is 33.1 Å². The molecule has 21 heavy (non-hydrogen) atoms. The van der Waals surface area contributed by atoms with Crippen molar-refractivity contribution in [3.8, 4) is 0 Å². The molecule has 2 fully saturated rings. The molecule has 3 heterocycles. The van der Waals surface area contributed by atoms with Crippen molar-refractivity contribution in [3.63, 3.8) is 0 Å². The van der Waals surface area contributed by atoms with Gasteiger partial charge in [0.25, 0.3) is 0 Å². The Bertz CT molecular complexity index is 598. The highest BCUT2D eigenvalue weighted by Crippen LogP contribution is 2.37. The van der Waals surface area contributed by atoms with Gasteiger partial charge in [-0.1, -0.05) is 30.3 Å². The van der Waals surface area contributed by atoms with Crippen LogP contribution in [0.3, 0.4) is 0 Å². The molecule has 4 nitrogen and oxygen atoms in total. The highest BCUT2D eigenvalue weighted by Gasteiger charge is 2.40. The van der Waals surface area contributed by atoms with E-state index in [0.29, 0.717) is 5.41 Å². The Kier molecular flexibility index (Phi) is 3.19. The molecule has 2 saturated heterocycles. The number of anilines is 1. The molecule has 1 spiro atoms. The molecule has 0 aliphatic carbocycles. The molecule has 0 amide bonds. The maximum absolute atomic E-state index is 4.53. The number of nitrogens with zero attached hydrogens (tertiary/aromatic N) is 3. The highest BCUT2D eigenvalue weighted by molar-refractivity contribution is 5.44. The average Bonchev–Trinajstić information content (AvgIpc) is 3.23. The molecule has 0 bridgehead atoms. The molecule has 1 aromatic carbocycles. The zero-order valence-electron chi connectivity index (χ0n) is 12.3. The maximum atomic E-state index is 4.53. The number of nitrogens with one attached hydrogen (secondary N) is 1. The van der Waals surface area contributed by atoms with Crippen molar-refractivity contribution in [2.75, 3.05) is 31.1 Å². The van der Waals surface area contributed by atoms with E-state index in [9.17, 15) is 0 Å². The zero-order chi connectivity index (χ0) is 14.1. The first kappa shape index (κ1) is 12.9. The summed E-state index contributed by atoms with van der Waals surface area (Å²) >= 11 is 0. The SMILES string of the molecule is c1ccc(Cn2cc(N3CCC4(CCNC4)C3)cn2)cc1. The van der Waals surface area contributed by atoms with Gasteiger partial charge in [-0.25, -0.2) is 0 Å². The molecule has 2 aromatic rings. The second kappa shape index (κ2) is 5.19. The van der Waals surface area contributed by atoms with Gasteiger partial charge in [-0.15, -0.1) is 0 Å². The second-order valence-corrected chi connectivity index (χ2v) is 6.48. The summed E-state index contributed by atoms with van der Waals surface area (Å²) in [5, 5.41) is 8.05. The molecular weight excluding hydrogens is 260 g/mol. The minimum atomic E-state index is 0.515. The maximum Gasteiger partial charge on any atom is 0.0752 e. The number of rotatable bonds is 3. The van der Waals surface area contributed by atoms with Gasteiger partial charge in [-0.3, -0.25) is 4.68 Å². The lowest BCUT2D eigenvalue weighted by Crippen LogP contribution is -2.28. The quantitative estimate of drug-likeness (QED) is 0.936. The molecule has 4 rings (SSSR count). The summed E-state index contributed by atoms with van der Waals surface area (Å²) < 4.78 is 2.04. The van der Waals surface area contributed by atoms with Crippen LogP contribution < -0.4 is 10.2 Å². The molecule has 2 aliphatic heterocycles. The Morgan fingerprint density at radius 1 is 1.19 bits per heavy atom. The summed E-state index contributed by atoms with van der Waals surface area (Å²) in [5.74, 6) is 0. The first-order valence-corrected chi connectivity index (χ1v) is 7.85. The Morgan fingerprint density at radius 3 is 2.90 bits per heavy atom. The number of hydrogen-bond acceptors (Lipinski definition) is 3. The summed E-state index contributed by atoms with van der Waals surface area (Å²) in [7, 11) is 0. The third-order valence-electron chi connectivity index (χ3n) is 4.94. The number of hydrogen-bond donors (Lipinski definition) is 1. The van der Waals surface area contributed by atoms with E-state index in [4.69, 9.17) is 0 Å². The van der Waals surface area contributed by atoms with Crippen molar-refractivity contribution < 1.29 is 0 Å². The van der Waals surface area contributed by atoms with E-state index in [1.807, 2.05) is 10.9 Å². The zero-order valence-corrected chi connectivity index (χ0v) is 12.3. The van der Waals surface area contributed by atoms with Gasteiger partial charge in [0.1, 0.15) is 0 Å². The fraction of sp³-hybridized carbons (Fsp3) is 0.471. The lowest BCUT2D eigenvalue weighted by atomic mass is 9.87. The van der Waals surface area contributed by atoms with Gasteiger partial charge in [0.2, 0.25) is 0 Å². The minimum Gasteiger partial charge on any atom is -0.368 e. The van der Waals surface area contributed by atoms with Crippen LogP contribution in [0.15, 0.2) is 42.7 Å². The fourth-order valence-corrected chi connectivity index (χ4v) is 3.67. The van der Waals surface area contributed by atoms with Gasteiger partial charge in [0, 0.05) is 31.2 Å². The van der Waals surface area contributed by atoms with Gasteiger partial charge in [-0.05, 0) is 24.9 Å². The summed E-state index contributed by atoms with van der Waals surface area (Å²) in [6.45, 7) is 5.56. The molecule has 2 aliphatic rings. The molecule has 1 atom stereocenters. The smallest absolute Gasteiger partial charge is 0.0752 e. The predicted octanol–water partition coefficient (Wildman–Crippen LogP) is 2.12. The van der Waals surface area contributed by atoms with Crippen molar-refractivity contribution in [3.05, 3.63) is 48.3 Å². The van der Waals surface area contributed by atoms with Crippen molar-refractivity contribution in [2.45, 2.75) is 19.4 Å². The molecule has 4 heteroatoms. The summed E-state index contributed by atoms with van der Waals surface area (Å²) in [6.07, 6.45) is 6.84. The normalized spacial score (nSPS) is 25.0. The molecule has 110 valence electrons. The van der Waals surface area contributed by atoms with Crippen LogP contribution >= 0.6 is 0 Å². The number of aromatic nitrogens is 2. The summed E-state index contributed by atoms with van der Waals surface area (Å²) in [6, 6.07) is 10.5. The highest BCUT2D eigenvalue weighted by atomic mass is 15.3. The van der Waals surface area contributed by atoms with Gasteiger partial charge in [-0.2, -0.15) is 5.10 Å². The Morgan fingerprint density at radius 2 is 2.10 bits per heavy atom. The molecule has 1 unspecified atom stereocenters. The lowest BCUT2D eigenvalue weighted by molar-refractivity contribution is 0.369. The van der Waals surface area contributed by atoms with E-state index in [1.54, 1.807) is 0 Å². The van der Waals surface area contributed by atoms with E-state index in [1.165, 1.54) is 50.3 Å². The van der Waals surface area contributed by atoms with E-state index >= 15 is 0 Å². The summed E-state index contributed by atoms with van der Waals surface area (Å²) in [4.78, 5) is 2.50. The van der Waals surface area contributed by atoms with Crippen LogP contribution in [0.1, 0.15) is 18.4 Å². The lowest BCUT2D eigenvalue weighted by Gasteiger charge is -2.22. The fourth-order valence-electron chi connectivity index (χ4n) is 3.67. The monoisotopic (exact) mass is 282 g/mol. The van der Waals surface area contributed by atoms with Crippen LogP contribution in [0, 0.1) is 5.41 Å². The molecule has 1 aromatic heterocycles. The summed E-state index contributed by atoms with van der Waals surface area (Å²) in [5.41, 5.74) is 3.08. The number of benzene rings is 1. The van der Waals surface area contributed by atoms with Crippen molar-refractivity contribution in [1.82, 2.24) is 15.1 Å². The van der Waals surface area contributed by atoms with Gasteiger partial charge < -0.3 is 10.2 Å². The van der Waals surface area contributed by atoms with Gasteiger partial charge in [0.15, 0.2) is 0 Å². The predicted molar refractivity (Wildman–Crippen MR) is 84.5 cm³/mol. The second-order valence-electron chi connectivity index (χ2n) is 6.48. The van der Waals surface area contributed by atoms with Crippen LogP contribution in [-0.2, 0) is 6.54 Å². The molecule has 0 radical (unpaired) electrons. The van der Waals surface area contributed by atoms with E-state index < -0.39 is 0 Å². The third kappa shape index (κ3) is 2.56. The Labute approximate surface area is 125 Å². The molecular formula is C17H22N4. The van der Waals surface area contributed by atoms with Gasteiger partial charge >= 0.3 is 0 Å². The van der Waals surface area contributed by atoms with E-state index in [2.05, 4.69) is 51.8 Å². The van der Waals surface area contributed by atoms with Crippen LogP contribution in [0.2, 0.25) is 0 Å². The largest absolute Gasteiger partial charge is 0.368 e. The van der Waals surface area contributed by atoms with Crippen molar-refractivity contribution >= 4 is 5.69 Å². The minimum absolute atomic E-state index is 0.515. The van der Waals surface area contributed by atoms with Crippen molar-refractivity contribution in [2.24, 2.45) is 5.41 Å². The first-order valence-electron chi connectivity index (χ1n) is 7.85. The van der Waals surface area contributed by atoms with E-state index in [-0.39, 0.29) is 0 Å². The van der Waals surface area contributed by atoms with Crippen LogP contribution in [0.25, 0.3) is 0 Å². The Balaban J connectivity index is 1.45. The van der Waals surface area contributed by atoms with Crippen LogP contribution in [0.4, 0.5) is 5.69 Å². The van der Waals surface area contributed by atoms with E-state index in [0.717, 1.165) is 6.54 Å². The Hall–Kier alpha value is -1.81. The molecule has 0 saturated carbocycles. The van der Waals surface area contributed by atoms with Crippen molar-refractivity contribution in [1.29, 1.82) is 0 Å². The standard InChI is InChI=1S/C17H22N4/c1-2-4-15(5-3-1)11-21-12-16(10-19-21)20-9-7-17(14-20)6-8-18-13-17/h1-5,10,12,18H,6-9,11,13-14H2.